The van der Waals surface area contributed by atoms with E-state index in [2.05, 4.69) is 42.6 Å². The predicted octanol–water partition coefficient (Wildman–Crippen LogP) is 4.53. The van der Waals surface area contributed by atoms with Crippen LogP contribution in [0.3, 0.4) is 0 Å². The quantitative estimate of drug-likeness (QED) is 0.813. The van der Waals surface area contributed by atoms with Gasteiger partial charge in [-0.3, -0.25) is 4.90 Å². The molecule has 6 nitrogen and oxygen atoms in total. The van der Waals surface area contributed by atoms with Crippen LogP contribution in [0.2, 0.25) is 0 Å². The van der Waals surface area contributed by atoms with Gasteiger partial charge in [0.25, 0.3) is 0 Å². The highest BCUT2D eigenvalue weighted by Gasteiger charge is 2.41. The summed E-state index contributed by atoms with van der Waals surface area (Å²) in [5, 5.41) is 10.0. The van der Waals surface area contributed by atoms with Crippen LogP contribution >= 0.6 is 11.3 Å². The van der Waals surface area contributed by atoms with Crippen molar-refractivity contribution in [3.05, 3.63) is 28.5 Å². The molecule has 0 atom stereocenters. The van der Waals surface area contributed by atoms with Crippen LogP contribution in [0, 0.1) is 5.92 Å². The van der Waals surface area contributed by atoms with Crippen molar-refractivity contribution in [2.24, 2.45) is 5.92 Å². The van der Waals surface area contributed by atoms with Crippen molar-refractivity contribution in [2.75, 3.05) is 11.4 Å². The van der Waals surface area contributed by atoms with E-state index in [-0.39, 0.29) is 16.4 Å². The standard InChI is InChI=1S/C20H26N4O2S/c1-19(2)7-8-20(3,4)15-14(19)23-18(27-15)24(11-12-5-6-12)17-21-9-13(10-22-17)16(25)26/h9-10,12H,5-8,11H2,1-4H3,(H,25,26). The first kappa shape index (κ1) is 18.3. The van der Waals surface area contributed by atoms with E-state index in [4.69, 9.17) is 10.1 Å². The van der Waals surface area contributed by atoms with Crippen LogP contribution in [-0.4, -0.2) is 32.6 Å². The Balaban J connectivity index is 1.75. The maximum absolute atomic E-state index is 11.1. The molecule has 1 fully saturated rings. The summed E-state index contributed by atoms with van der Waals surface area (Å²) >= 11 is 1.75. The molecule has 2 aromatic heterocycles. The van der Waals surface area contributed by atoms with E-state index >= 15 is 0 Å². The number of fused-ring (bicyclic) bond motifs is 1. The molecule has 4 rings (SSSR count). The summed E-state index contributed by atoms with van der Waals surface area (Å²) in [5.74, 6) is 0.159. The Hall–Kier alpha value is -2.02. The number of rotatable bonds is 5. The molecule has 0 spiro atoms. The number of carbonyl (C=O) groups is 1. The van der Waals surface area contributed by atoms with Gasteiger partial charge in [0, 0.05) is 34.6 Å². The molecule has 2 aliphatic carbocycles. The molecular formula is C20H26N4O2S. The van der Waals surface area contributed by atoms with Crippen molar-refractivity contribution >= 4 is 28.4 Å². The lowest BCUT2D eigenvalue weighted by atomic mass is 9.69. The van der Waals surface area contributed by atoms with Crippen LogP contribution in [0.25, 0.3) is 0 Å². The highest BCUT2D eigenvalue weighted by molar-refractivity contribution is 7.16. The number of aromatic nitrogens is 3. The number of nitrogens with zero attached hydrogens (tertiary/aromatic N) is 4. The summed E-state index contributed by atoms with van der Waals surface area (Å²) < 4.78 is 0. The molecule has 2 heterocycles. The Kier molecular flexibility index (Phi) is 4.25. The second-order valence-electron chi connectivity index (χ2n) is 9.07. The van der Waals surface area contributed by atoms with E-state index in [1.54, 1.807) is 11.3 Å². The van der Waals surface area contributed by atoms with Gasteiger partial charge in [-0.05, 0) is 31.6 Å². The minimum atomic E-state index is -1.01. The fourth-order valence-electron chi connectivity index (χ4n) is 3.57. The fourth-order valence-corrected chi connectivity index (χ4v) is 4.96. The third-order valence-electron chi connectivity index (χ3n) is 5.74. The van der Waals surface area contributed by atoms with E-state index < -0.39 is 5.97 Å². The number of carboxylic acids is 1. The maximum Gasteiger partial charge on any atom is 0.338 e. The molecule has 0 saturated heterocycles. The Bertz CT molecular complexity index is 835. The Morgan fingerprint density at radius 3 is 2.37 bits per heavy atom. The molecule has 2 aromatic rings. The average Bonchev–Trinajstić information content (AvgIpc) is 3.31. The zero-order valence-corrected chi connectivity index (χ0v) is 17.1. The predicted molar refractivity (Wildman–Crippen MR) is 106 cm³/mol. The zero-order valence-electron chi connectivity index (χ0n) is 16.3. The molecule has 0 amide bonds. The first-order chi connectivity index (χ1) is 12.7. The number of hydrogen-bond donors (Lipinski definition) is 1. The van der Waals surface area contributed by atoms with Crippen LogP contribution in [-0.2, 0) is 10.8 Å². The van der Waals surface area contributed by atoms with Gasteiger partial charge in [-0.25, -0.2) is 19.7 Å². The number of carboxylic acid groups (broad SMARTS) is 1. The molecule has 0 unspecified atom stereocenters. The van der Waals surface area contributed by atoms with Crippen molar-refractivity contribution in [3.8, 4) is 0 Å². The van der Waals surface area contributed by atoms with E-state index in [1.165, 1.54) is 35.8 Å². The van der Waals surface area contributed by atoms with Crippen molar-refractivity contribution < 1.29 is 9.90 Å². The molecule has 7 heteroatoms. The van der Waals surface area contributed by atoms with Crippen LogP contribution in [0.5, 0.6) is 0 Å². The molecule has 27 heavy (non-hydrogen) atoms. The summed E-state index contributed by atoms with van der Waals surface area (Å²) in [5.41, 5.74) is 1.49. The molecular weight excluding hydrogens is 360 g/mol. The van der Waals surface area contributed by atoms with Crippen LogP contribution in [0.4, 0.5) is 11.1 Å². The normalized spacial score (nSPS) is 20.1. The average molecular weight is 387 g/mol. The Labute approximate surface area is 163 Å². The minimum absolute atomic E-state index is 0.0683. The fraction of sp³-hybridized carbons (Fsp3) is 0.600. The molecule has 0 bridgehead atoms. The van der Waals surface area contributed by atoms with E-state index in [1.807, 2.05) is 0 Å². The lowest BCUT2D eigenvalue weighted by molar-refractivity contribution is 0.0696. The Morgan fingerprint density at radius 1 is 1.19 bits per heavy atom. The largest absolute Gasteiger partial charge is 0.478 e. The first-order valence-electron chi connectivity index (χ1n) is 9.52. The van der Waals surface area contributed by atoms with Crippen molar-refractivity contribution in [2.45, 2.75) is 64.2 Å². The van der Waals surface area contributed by atoms with Gasteiger partial charge >= 0.3 is 5.97 Å². The zero-order chi connectivity index (χ0) is 19.4. The van der Waals surface area contributed by atoms with Crippen molar-refractivity contribution in [3.63, 3.8) is 0 Å². The van der Waals surface area contributed by atoms with Gasteiger partial charge in [0.2, 0.25) is 5.95 Å². The summed E-state index contributed by atoms with van der Waals surface area (Å²) in [6.45, 7) is 9.97. The molecule has 1 N–H and O–H groups in total. The molecule has 0 aromatic carbocycles. The highest BCUT2D eigenvalue weighted by atomic mass is 32.1. The van der Waals surface area contributed by atoms with Crippen molar-refractivity contribution in [1.29, 1.82) is 0 Å². The topological polar surface area (TPSA) is 79.2 Å². The van der Waals surface area contributed by atoms with Crippen molar-refractivity contribution in [1.82, 2.24) is 15.0 Å². The van der Waals surface area contributed by atoms with Crippen LogP contribution in [0.15, 0.2) is 12.4 Å². The molecule has 0 radical (unpaired) electrons. The van der Waals surface area contributed by atoms with Crippen LogP contribution < -0.4 is 4.90 Å². The summed E-state index contributed by atoms with van der Waals surface area (Å²) in [6.07, 6.45) is 7.47. The molecule has 1 saturated carbocycles. The maximum atomic E-state index is 11.1. The number of thiazole rings is 1. The van der Waals surface area contributed by atoms with Gasteiger partial charge in [0.1, 0.15) is 0 Å². The van der Waals surface area contributed by atoms with Gasteiger partial charge < -0.3 is 5.11 Å². The number of hydrogen-bond acceptors (Lipinski definition) is 6. The number of aromatic carboxylic acids is 1. The first-order valence-corrected chi connectivity index (χ1v) is 10.3. The highest BCUT2D eigenvalue weighted by Crippen LogP contribution is 2.50. The van der Waals surface area contributed by atoms with Gasteiger partial charge in [0.05, 0.1) is 11.3 Å². The Morgan fingerprint density at radius 2 is 1.81 bits per heavy atom. The van der Waals surface area contributed by atoms with Gasteiger partial charge in [0.15, 0.2) is 5.13 Å². The van der Waals surface area contributed by atoms with Gasteiger partial charge in [-0.15, -0.1) is 11.3 Å². The van der Waals surface area contributed by atoms with Gasteiger partial charge in [-0.2, -0.15) is 0 Å². The van der Waals surface area contributed by atoms with Gasteiger partial charge in [-0.1, -0.05) is 27.7 Å². The summed E-state index contributed by atoms with van der Waals surface area (Å²) in [6, 6.07) is 0. The minimum Gasteiger partial charge on any atom is -0.478 e. The lowest BCUT2D eigenvalue weighted by Gasteiger charge is -2.37. The molecule has 2 aliphatic rings. The second kappa shape index (κ2) is 6.26. The van der Waals surface area contributed by atoms with E-state index in [9.17, 15) is 4.79 Å². The number of anilines is 2. The summed E-state index contributed by atoms with van der Waals surface area (Å²) in [7, 11) is 0. The monoisotopic (exact) mass is 386 g/mol. The third kappa shape index (κ3) is 3.45. The van der Waals surface area contributed by atoms with Crippen LogP contribution in [0.1, 0.15) is 74.3 Å². The molecule has 0 aliphatic heterocycles. The third-order valence-corrected chi connectivity index (χ3v) is 7.19. The second-order valence-corrected chi connectivity index (χ2v) is 10.1. The lowest BCUT2D eigenvalue weighted by Crippen LogP contribution is -2.32. The summed E-state index contributed by atoms with van der Waals surface area (Å²) in [4.78, 5) is 28.3. The molecule has 144 valence electrons. The van der Waals surface area contributed by atoms with E-state index in [0.717, 1.165) is 24.5 Å². The smallest absolute Gasteiger partial charge is 0.338 e. The van der Waals surface area contributed by atoms with E-state index in [0.29, 0.717) is 11.9 Å². The SMILES string of the molecule is CC1(C)CCC(C)(C)c2sc(N(CC3CC3)c3ncc(C(=O)O)cn3)nc21.